The Labute approximate surface area is 127 Å². The van der Waals surface area contributed by atoms with E-state index < -0.39 is 6.04 Å². The monoisotopic (exact) mass is 374 g/mol. The van der Waals surface area contributed by atoms with Gasteiger partial charge < -0.3 is 10.6 Å². The SMILES string of the molecule is CC[C@@H](C)NC(=O)[C@H](C)NC(=O)c1ccc(I)cc1. The van der Waals surface area contributed by atoms with Crippen molar-refractivity contribution in [3.05, 3.63) is 33.4 Å². The zero-order valence-corrected chi connectivity index (χ0v) is 13.5. The molecule has 0 fully saturated rings. The van der Waals surface area contributed by atoms with Crippen LogP contribution in [0, 0.1) is 3.57 Å². The maximum absolute atomic E-state index is 11.9. The second kappa shape index (κ2) is 7.47. The summed E-state index contributed by atoms with van der Waals surface area (Å²) >= 11 is 2.18. The average Bonchev–Trinajstić information content (AvgIpc) is 2.38. The number of benzene rings is 1. The van der Waals surface area contributed by atoms with E-state index in [1.807, 2.05) is 26.0 Å². The molecule has 19 heavy (non-hydrogen) atoms. The number of hydrogen-bond donors (Lipinski definition) is 2. The highest BCUT2D eigenvalue weighted by Gasteiger charge is 2.17. The maximum Gasteiger partial charge on any atom is 0.251 e. The van der Waals surface area contributed by atoms with Crippen LogP contribution in [0.3, 0.4) is 0 Å². The summed E-state index contributed by atoms with van der Waals surface area (Å²) in [4.78, 5) is 23.7. The molecule has 0 radical (unpaired) electrons. The van der Waals surface area contributed by atoms with Gasteiger partial charge in [-0.25, -0.2) is 0 Å². The van der Waals surface area contributed by atoms with Crippen molar-refractivity contribution < 1.29 is 9.59 Å². The summed E-state index contributed by atoms with van der Waals surface area (Å²) in [5.41, 5.74) is 0.559. The number of rotatable bonds is 5. The minimum Gasteiger partial charge on any atom is -0.352 e. The van der Waals surface area contributed by atoms with Crippen LogP contribution >= 0.6 is 22.6 Å². The van der Waals surface area contributed by atoms with Crippen molar-refractivity contribution in [2.75, 3.05) is 0 Å². The molecule has 0 aliphatic rings. The van der Waals surface area contributed by atoms with Gasteiger partial charge in [0.1, 0.15) is 6.04 Å². The van der Waals surface area contributed by atoms with Crippen LogP contribution in [0.2, 0.25) is 0 Å². The third-order valence-electron chi connectivity index (χ3n) is 2.85. The number of hydrogen-bond acceptors (Lipinski definition) is 2. The Morgan fingerprint density at radius 1 is 1.16 bits per heavy atom. The van der Waals surface area contributed by atoms with E-state index in [2.05, 4.69) is 33.2 Å². The van der Waals surface area contributed by atoms with E-state index >= 15 is 0 Å². The number of amides is 2. The first kappa shape index (κ1) is 15.9. The average molecular weight is 374 g/mol. The Morgan fingerprint density at radius 3 is 2.26 bits per heavy atom. The zero-order valence-electron chi connectivity index (χ0n) is 11.4. The highest BCUT2D eigenvalue weighted by atomic mass is 127. The molecule has 2 N–H and O–H groups in total. The number of halogens is 1. The molecule has 104 valence electrons. The molecule has 0 spiro atoms. The number of carbonyl (C=O) groups is 2. The molecule has 1 aromatic carbocycles. The van der Waals surface area contributed by atoms with Gasteiger partial charge in [-0.3, -0.25) is 9.59 Å². The lowest BCUT2D eigenvalue weighted by molar-refractivity contribution is -0.123. The van der Waals surface area contributed by atoms with Crippen LogP contribution < -0.4 is 10.6 Å². The summed E-state index contributed by atoms with van der Waals surface area (Å²) in [5.74, 6) is -0.392. The van der Waals surface area contributed by atoms with Gasteiger partial charge in [-0.2, -0.15) is 0 Å². The van der Waals surface area contributed by atoms with E-state index in [1.54, 1.807) is 19.1 Å². The van der Waals surface area contributed by atoms with Crippen LogP contribution in [0.1, 0.15) is 37.6 Å². The smallest absolute Gasteiger partial charge is 0.251 e. The van der Waals surface area contributed by atoms with Gasteiger partial charge in [0.05, 0.1) is 0 Å². The number of nitrogens with one attached hydrogen (secondary N) is 2. The van der Waals surface area contributed by atoms with Crippen LogP contribution in [0.5, 0.6) is 0 Å². The molecule has 0 aliphatic heterocycles. The van der Waals surface area contributed by atoms with Gasteiger partial charge in [0, 0.05) is 15.2 Å². The Hall–Kier alpha value is -1.11. The van der Waals surface area contributed by atoms with Crippen LogP contribution in [0.4, 0.5) is 0 Å². The summed E-state index contributed by atoms with van der Waals surface area (Å²) in [5, 5.41) is 5.53. The van der Waals surface area contributed by atoms with Crippen molar-refractivity contribution in [3.8, 4) is 0 Å². The Balaban J connectivity index is 2.56. The van der Waals surface area contributed by atoms with Gasteiger partial charge >= 0.3 is 0 Å². The van der Waals surface area contributed by atoms with E-state index in [0.29, 0.717) is 5.56 Å². The van der Waals surface area contributed by atoms with Gasteiger partial charge in [-0.05, 0) is 67.1 Å². The standard InChI is InChI=1S/C14H19IN2O2/c1-4-9(2)16-13(18)10(3)17-14(19)11-5-7-12(15)8-6-11/h5-10H,4H2,1-3H3,(H,16,18)(H,17,19)/t9-,10+/m1/s1. The van der Waals surface area contributed by atoms with Crippen molar-refractivity contribution in [1.29, 1.82) is 0 Å². The zero-order chi connectivity index (χ0) is 14.4. The van der Waals surface area contributed by atoms with Crippen molar-refractivity contribution in [1.82, 2.24) is 10.6 Å². The second-order valence-electron chi connectivity index (χ2n) is 4.52. The van der Waals surface area contributed by atoms with E-state index in [9.17, 15) is 9.59 Å². The molecule has 0 unspecified atom stereocenters. The third-order valence-corrected chi connectivity index (χ3v) is 3.57. The summed E-state index contributed by atoms with van der Waals surface area (Å²) in [6.07, 6.45) is 0.865. The van der Waals surface area contributed by atoms with Crippen molar-refractivity contribution in [2.24, 2.45) is 0 Å². The summed E-state index contributed by atoms with van der Waals surface area (Å²) in [7, 11) is 0. The first-order valence-corrected chi connectivity index (χ1v) is 7.38. The van der Waals surface area contributed by atoms with Crippen molar-refractivity contribution >= 4 is 34.4 Å². The molecular weight excluding hydrogens is 355 g/mol. The molecule has 2 amide bonds. The second-order valence-corrected chi connectivity index (χ2v) is 5.77. The quantitative estimate of drug-likeness (QED) is 0.778. The maximum atomic E-state index is 11.9. The van der Waals surface area contributed by atoms with Crippen LogP contribution in [0.25, 0.3) is 0 Å². The van der Waals surface area contributed by atoms with E-state index in [-0.39, 0.29) is 17.9 Å². The van der Waals surface area contributed by atoms with Crippen molar-refractivity contribution in [2.45, 2.75) is 39.3 Å². The molecule has 0 heterocycles. The summed E-state index contributed by atoms with van der Waals surface area (Å²) < 4.78 is 1.07. The number of carbonyl (C=O) groups excluding carboxylic acids is 2. The largest absolute Gasteiger partial charge is 0.352 e. The highest BCUT2D eigenvalue weighted by Crippen LogP contribution is 2.06. The Kier molecular flexibility index (Phi) is 6.27. The predicted octanol–water partition coefficient (Wildman–Crippen LogP) is 2.32. The fourth-order valence-corrected chi connectivity index (χ4v) is 1.78. The minimum absolute atomic E-state index is 0.116. The molecule has 5 heteroatoms. The van der Waals surface area contributed by atoms with Crippen LogP contribution in [0.15, 0.2) is 24.3 Å². The minimum atomic E-state index is -0.541. The third kappa shape index (κ3) is 5.18. The molecule has 1 aromatic rings. The van der Waals surface area contributed by atoms with Gasteiger partial charge in [0.15, 0.2) is 0 Å². The molecule has 1 rings (SSSR count). The Morgan fingerprint density at radius 2 is 1.74 bits per heavy atom. The first-order chi connectivity index (χ1) is 8.93. The fourth-order valence-electron chi connectivity index (χ4n) is 1.42. The van der Waals surface area contributed by atoms with Gasteiger partial charge in [-0.15, -0.1) is 0 Å². The van der Waals surface area contributed by atoms with E-state index in [1.165, 1.54) is 0 Å². The van der Waals surface area contributed by atoms with Crippen LogP contribution in [-0.4, -0.2) is 23.9 Å². The lowest BCUT2D eigenvalue weighted by Gasteiger charge is -2.17. The Bertz CT molecular complexity index is 445. The van der Waals surface area contributed by atoms with Gasteiger partial charge in [0.25, 0.3) is 5.91 Å². The first-order valence-electron chi connectivity index (χ1n) is 6.30. The molecule has 0 saturated carbocycles. The molecule has 0 bridgehead atoms. The van der Waals surface area contributed by atoms with E-state index in [4.69, 9.17) is 0 Å². The molecular formula is C14H19IN2O2. The highest BCUT2D eigenvalue weighted by molar-refractivity contribution is 14.1. The summed E-state index contributed by atoms with van der Waals surface area (Å²) in [6.45, 7) is 5.62. The summed E-state index contributed by atoms with van der Waals surface area (Å²) in [6, 6.07) is 6.79. The molecule has 4 nitrogen and oxygen atoms in total. The van der Waals surface area contributed by atoms with Gasteiger partial charge in [0.2, 0.25) is 5.91 Å². The van der Waals surface area contributed by atoms with Gasteiger partial charge in [-0.1, -0.05) is 6.92 Å². The molecule has 0 aliphatic carbocycles. The predicted molar refractivity (Wildman–Crippen MR) is 84.0 cm³/mol. The van der Waals surface area contributed by atoms with Crippen LogP contribution in [-0.2, 0) is 4.79 Å². The molecule has 2 atom stereocenters. The molecule has 0 aromatic heterocycles. The topological polar surface area (TPSA) is 58.2 Å². The van der Waals surface area contributed by atoms with Crippen molar-refractivity contribution in [3.63, 3.8) is 0 Å². The lowest BCUT2D eigenvalue weighted by atomic mass is 10.2. The normalized spacial score (nSPS) is 13.5. The fraction of sp³-hybridized carbons (Fsp3) is 0.429. The van der Waals surface area contributed by atoms with E-state index in [0.717, 1.165) is 9.99 Å². The molecule has 0 saturated heterocycles. The lowest BCUT2D eigenvalue weighted by Crippen LogP contribution is -2.47.